The van der Waals surface area contributed by atoms with Gasteiger partial charge in [-0.25, -0.2) is 0 Å². The quantitative estimate of drug-likeness (QED) is 0.202. The molecule has 2 aromatic rings. The first-order valence-corrected chi connectivity index (χ1v) is 17.0. The molecule has 3 fully saturated rings. The number of allylic oxidation sites excluding steroid dienone is 2. The Morgan fingerprint density at radius 3 is 2.44 bits per heavy atom. The van der Waals surface area contributed by atoms with E-state index in [9.17, 15) is 4.79 Å². The molecule has 0 saturated heterocycles. The minimum absolute atomic E-state index is 0.0322. The lowest BCUT2D eigenvalue weighted by Gasteiger charge is -2.70. The number of carbonyl (C=O) groups is 1. The number of terminal acetylenes is 1. The van der Waals surface area contributed by atoms with Crippen LogP contribution in [0.2, 0.25) is 0 Å². The van der Waals surface area contributed by atoms with Gasteiger partial charge in [0, 0.05) is 22.0 Å². The third-order valence-electron chi connectivity index (χ3n) is 14.9. The van der Waals surface area contributed by atoms with Crippen molar-refractivity contribution in [3.05, 3.63) is 47.2 Å². The molecule has 7 atom stereocenters. The third-order valence-corrected chi connectivity index (χ3v) is 14.9. The smallest absolute Gasteiger partial charge is 0.312 e. The lowest BCUT2D eigenvalue weighted by atomic mass is 9.33. The second kappa shape index (κ2) is 9.05. The molecule has 5 aliphatic carbocycles. The number of hydrogen-bond donors (Lipinski definition) is 0. The van der Waals surface area contributed by atoms with E-state index in [4.69, 9.17) is 11.2 Å². The van der Waals surface area contributed by atoms with Crippen LogP contribution >= 0.6 is 0 Å². The van der Waals surface area contributed by atoms with Gasteiger partial charge < -0.3 is 9.30 Å². The van der Waals surface area contributed by atoms with E-state index in [1.165, 1.54) is 29.4 Å². The molecule has 230 valence electrons. The van der Waals surface area contributed by atoms with Crippen LogP contribution in [-0.2, 0) is 27.9 Å². The highest BCUT2D eigenvalue weighted by Crippen LogP contribution is 2.75. The molecule has 0 unspecified atom stereocenters. The summed E-state index contributed by atoms with van der Waals surface area (Å²) in [5.74, 6) is 4.51. The molecule has 0 bridgehead atoms. The van der Waals surface area contributed by atoms with Crippen LogP contribution in [0.25, 0.3) is 10.9 Å². The highest BCUT2D eigenvalue weighted by molar-refractivity contribution is 5.87. The Kier molecular flexibility index (Phi) is 6.16. The van der Waals surface area contributed by atoms with Crippen LogP contribution in [0.1, 0.15) is 111 Å². The summed E-state index contributed by atoms with van der Waals surface area (Å²) in [4.78, 5) is 13.6. The molecule has 1 aromatic heterocycles. The molecule has 1 aromatic carbocycles. The molecule has 0 aliphatic heterocycles. The zero-order chi connectivity index (χ0) is 30.8. The van der Waals surface area contributed by atoms with Crippen LogP contribution in [0.3, 0.4) is 0 Å². The van der Waals surface area contributed by atoms with Crippen LogP contribution in [0.15, 0.2) is 35.9 Å². The lowest BCUT2D eigenvalue weighted by Crippen LogP contribution is -2.65. The van der Waals surface area contributed by atoms with Crippen LogP contribution in [0.4, 0.5) is 0 Å². The van der Waals surface area contributed by atoms with Gasteiger partial charge in [-0.2, -0.15) is 0 Å². The number of benzene rings is 1. The van der Waals surface area contributed by atoms with E-state index in [1.54, 1.807) is 18.2 Å². The van der Waals surface area contributed by atoms with Crippen molar-refractivity contribution < 1.29 is 9.53 Å². The summed E-state index contributed by atoms with van der Waals surface area (Å²) in [6.45, 7) is 18.4. The molecule has 3 heteroatoms. The van der Waals surface area contributed by atoms with Crippen LogP contribution < -0.4 is 0 Å². The molecule has 0 N–H and O–H groups in total. The summed E-state index contributed by atoms with van der Waals surface area (Å²) in [7, 11) is 1.61. The molecule has 0 amide bonds. The molecule has 3 saturated carbocycles. The van der Waals surface area contributed by atoms with Gasteiger partial charge in [0.1, 0.15) is 0 Å². The zero-order valence-electron chi connectivity index (χ0n) is 28.0. The second-order valence-electron chi connectivity index (χ2n) is 17.4. The first kappa shape index (κ1) is 29.3. The molecular weight excluding hydrogens is 526 g/mol. The van der Waals surface area contributed by atoms with Crippen LogP contribution in [0, 0.1) is 57.2 Å². The normalized spacial score (nSPS) is 40.5. The molecule has 7 rings (SSSR count). The number of hydrogen-bond acceptors (Lipinski definition) is 2. The first-order chi connectivity index (χ1) is 20.2. The minimum atomic E-state index is -0.347. The monoisotopic (exact) mass is 579 g/mol. The standard InChI is InChI=1S/C40H53NO2/c1-10-23-41-30-14-12-11-13-26(30)27-24-37(6)31(36(4,5)33(27)41)17-18-39(8)32(37)16-15-28-29-25-35(2,3)19-21-40(29,34(42)43-9)22-20-38(28,39)7/h1,11-15,29,31-32H,16-25H2,2-9H3/t29-,31-,32+,37-,38+,39+,40-/m0/s1. The maximum atomic E-state index is 13.6. The number of para-hydroxylation sites is 1. The van der Waals surface area contributed by atoms with E-state index in [1.807, 2.05) is 0 Å². The van der Waals surface area contributed by atoms with Crippen molar-refractivity contribution in [2.75, 3.05) is 7.11 Å². The van der Waals surface area contributed by atoms with Gasteiger partial charge in [0.2, 0.25) is 0 Å². The number of nitrogens with zero attached hydrogens (tertiary/aromatic N) is 1. The van der Waals surface area contributed by atoms with Gasteiger partial charge in [-0.3, -0.25) is 4.79 Å². The van der Waals surface area contributed by atoms with Gasteiger partial charge in [-0.15, -0.1) is 6.42 Å². The van der Waals surface area contributed by atoms with Gasteiger partial charge in [0.15, 0.2) is 0 Å². The van der Waals surface area contributed by atoms with Gasteiger partial charge in [0.05, 0.1) is 19.1 Å². The largest absolute Gasteiger partial charge is 0.469 e. The Hall–Kier alpha value is -2.47. The number of fused-ring (bicyclic) bond motifs is 10. The van der Waals surface area contributed by atoms with Crippen LogP contribution in [0.5, 0.6) is 0 Å². The van der Waals surface area contributed by atoms with E-state index >= 15 is 0 Å². The number of rotatable bonds is 2. The fourth-order valence-corrected chi connectivity index (χ4v) is 12.7. The molecular formula is C40H53NO2. The molecule has 3 nitrogen and oxygen atoms in total. The predicted octanol–water partition coefficient (Wildman–Crippen LogP) is 9.26. The molecule has 0 spiro atoms. The fourth-order valence-electron chi connectivity index (χ4n) is 12.7. The minimum Gasteiger partial charge on any atom is -0.469 e. The van der Waals surface area contributed by atoms with E-state index in [0.717, 1.165) is 44.9 Å². The highest BCUT2D eigenvalue weighted by atomic mass is 16.5. The van der Waals surface area contributed by atoms with Crippen molar-refractivity contribution in [2.45, 2.75) is 118 Å². The summed E-state index contributed by atoms with van der Waals surface area (Å²) >= 11 is 0. The Balaban J connectivity index is 1.37. The van der Waals surface area contributed by atoms with Gasteiger partial charge >= 0.3 is 5.97 Å². The SMILES string of the molecule is C#CCn1c2c(c3ccccc31)C[C@]1(C)[C@H]3CC=C4[C@@H]5CC(C)(C)CC[C@]5(C(=O)OC)CC[C@@]4(C)[C@]3(C)CC[C@H]1C2(C)C. The number of esters is 1. The number of methoxy groups -OCH3 is 1. The summed E-state index contributed by atoms with van der Waals surface area (Å²) < 4.78 is 8.05. The van der Waals surface area contributed by atoms with E-state index < -0.39 is 0 Å². The predicted molar refractivity (Wildman–Crippen MR) is 176 cm³/mol. The summed E-state index contributed by atoms with van der Waals surface area (Å²) in [6.07, 6.45) is 18.6. The van der Waals surface area contributed by atoms with Gasteiger partial charge in [-0.05, 0) is 109 Å². The maximum absolute atomic E-state index is 13.6. The topological polar surface area (TPSA) is 31.2 Å². The van der Waals surface area contributed by atoms with E-state index in [-0.39, 0.29) is 38.5 Å². The average molecular weight is 580 g/mol. The van der Waals surface area contributed by atoms with Crippen molar-refractivity contribution in [3.63, 3.8) is 0 Å². The van der Waals surface area contributed by atoms with Gasteiger partial charge in [0.25, 0.3) is 0 Å². The van der Waals surface area contributed by atoms with Crippen molar-refractivity contribution >= 4 is 16.9 Å². The molecule has 1 heterocycles. The van der Waals surface area contributed by atoms with Crippen molar-refractivity contribution in [3.8, 4) is 12.3 Å². The average Bonchev–Trinajstić information content (AvgIpc) is 3.26. The Bertz CT molecular complexity index is 1580. The molecule has 0 radical (unpaired) electrons. The highest BCUT2D eigenvalue weighted by Gasteiger charge is 2.69. The number of ether oxygens (including phenoxy) is 1. The molecule has 5 aliphatic rings. The fraction of sp³-hybridized carbons (Fsp3) is 0.675. The number of aromatic nitrogens is 1. The third kappa shape index (κ3) is 3.53. The Morgan fingerprint density at radius 1 is 1.00 bits per heavy atom. The maximum Gasteiger partial charge on any atom is 0.312 e. The lowest BCUT2D eigenvalue weighted by molar-refractivity contribution is -0.179. The second-order valence-corrected chi connectivity index (χ2v) is 17.4. The molecule has 43 heavy (non-hydrogen) atoms. The Labute approximate surface area is 260 Å². The van der Waals surface area contributed by atoms with Crippen molar-refractivity contribution in [1.29, 1.82) is 0 Å². The van der Waals surface area contributed by atoms with Crippen molar-refractivity contribution in [2.24, 2.45) is 44.8 Å². The summed E-state index contributed by atoms with van der Waals surface area (Å²) in [5, 5.41) is 1.40. The summed E-state index contributed by atoms with van der Waals surface area (Å²) in [6, 6.07) is 8.97. The first-order valence-electron chi connectivity index (χ1n) is 17.0. The van der Waals surface area contributed by atoms with E-state index in [2.05, 4.69) is 89.3 Å². The summed E-state index contributed by atoms with van der Waals surface area (Å²) in [5.41, 5.74) is 6.35. The van der Waals surface area contributed by atoms with Crippen LogP contribution in [-0.4, -0.2) is 17.6 Å². The van der Waals surface area contributed by atoms with E-state index in [0.29, 0.717) is 24.3 Å². The Morgan fingerprint density at radius 2 is 1.72 bits per heavy atom. The van der Waals surface area contributed by atoms with Crippen molar-refractivity contribution in [1.82, 2.24) is 4.57 Å². The zero-order valence-corrected chi connectivity index (χ0v) is 28.0. The van der Waals surface area contributed by atoms with Gasteiger partial charge in [-0.1, -0.05) is 84.2 Å². The number of carbonyl (C=O) groups excluding carboxylic acids is 1.